The standard InChI is InChI=1S/C17H19Br2NO/c1-3-20-17(12-6-5-7-13(18)10-12)15-9-8-14(21-4-2)11-16(15)19/h5-11,17,20H,3-4H2,1-2H3. The molecule has 0 bridgehead atoms. The number of nitrogens with one attached hydrogen (secondary N) is 1. The van der Waals surface area contributed by atoms with Gasteiger partial charge in [-0.25, -0.2) is 0 Å². The Hall–Kier alpha value is -0.840. The summed E-state index contributed by atoms with van der Waals surface area (Å²) in [4.78, 5) is 0. The number of hydrogen-bond donors (Lipinski definition) is 1. The Bertz CT molecular complexity index is 601. The molecule has 0 spiro atoms. The largest absolute Gasteiger partial charge is 0.494 e. The van der Waals surface area contributed by atoms with Crippen molar-refractivity contribution in [1.29, 1.82) is 0 Å². The highest BCUT2D eigenvalue weighted by atomic mass is 79.9. The van der Waals surface area contributed by atoms with E-state index in [0.29, 0.717) is 6.61 Å². The molecule has 0 saturated carbocycles. The van der Waals surface area contributed by atoms with E-state index in [0.717, 1.165) is 21.2 Å². The van der Waals surface area contributed by atoms with Gasteiger partial charge in [-0.3, -0.25) is 0 Å². The van der Waals surface area contributed by atoms with E-state index in [2.05, 4.69) is 68.4 Å². The SMILES string of the molecule is CCNC(c1cccc(Br)c1)c1ccc(OCC)cc1Br. The molecule has 0 aliphatic heterocycles. The van der Waals surface area contributed by atoms with Crippen molar-refractivity contribution in [3.63, 3.8) is 0 Å². The Balaban J connectivity index is 2.38. The van der Waals surface area contributed by atoms with E-state index in [1.807, 2.05) is 25.1 Å². The smallest absolute Gasteiger partial charge is 0.120 e. The Labute approximate surface area is 143 Å². The maximum absolute atomic E-state index is 5.55. The molecular formula is C17H19Br2NO. The number of rotatable bonds is 6. The molecule has 1 N–H and O–H groups in total. The molecule has 0 heterocycles. The van der Waals surface area contributed by atoms with E-state index in [-0.39, 0.29) is 6.04 Å². The molecule has 0 aliphatic rings. The van der Waals surface area contributed by atoms with E-state index >= 15 is 0 Å². The molecule has 4 heteroatoms. The zero-order chi connectivity index (χ0) is 15.2. The Morgan fingerprint density at radius 1 is 1.10 bits per heavy atom. The van der Waals surface area contributed by atoms with E-state index in [4.69, 9.17) is 4.74 Å². The lowest BCUT2D eigenvalue weighted by molar-refractivity contribution is 0.340. The Morgan fingerprint density at radius 2 is 1.90 bits per heavy atom. The third kappa shape index (κ3) is 4.31. The molecule has 112 valence electrons. The molecular weight excluding hydrogens is 394 g/mol. The molecule has 0 saturated heterocycles. The van der Waals surface area contributed by atoms with Gasteiger partial charge in [-0.1, -0.05) is 57.0 Å². The zero-order valence-corrected chi connectivity index (χ0v) is 15.4. The molecule has 1 unspecified atom stereocenters. The fourth-order valence-electron chi connectivity index (χ4n) is 2.30. The summed E-state index contributed by atoms with van der Waals surface area (Å²) in [5.41, 5.74) is 2.44. The van der Waals surface area contributed by atoms with Gasteiger partial charge in [0.25, 0.3) is 0 Å². The lowest BCUT2D eigenvalue weighted by atomic mass is 9.98. The maximum Gasteiger partial charge on any atom is 0.120 e. The summed E-state index contributed by atoms with van der Waals surface area (Å²) in [6.07, 6.45) is 0. The second-order valence-electron chi connectivity index (χ2n) is 4.66. The topological polar surface area (TPSA) is 21.3 Å². The van der Waals surface area contributed by atoms with Gasteiger partial charge >= 0.3 is 0 Å². The number of ether oxygens (including phenoxy) is 1. The van der Waals surface area contributed by atoms with Crippen LogP contribution in [0.15, 0.2) is 51.4 Å². The van der Waals surface area contributed by atoms with Crippen molar-refractivity contribution in [3.8, 4) is 5.75 Å². The average Bonchev–Trinajstić information content (AvgIpc) is 2.46. The lowest BCUT2D eigenvalue weighted by Gasteiger charge is -2.21. The van der Waals surface area contributed by atoms with Crippen LogP contribution >= 0.6 is 31.9 Å². The van der Waals surface area contributed by atoms with E-state index < -0.39 is 0 Å². The molecule has 0 fully saturated rings. The maximum atomic E-state index is 5.55. The van der Waals surface area contributed by atoms with Gasteiger partial charge < -0.3 is 10.1 Å². The highest BCUT2D eigenvalue weighted by Crippen LogP contribution is 2.32. The summed E-state index contributed by atoms with van der Waals surface area (Å²) in [7, 11) is 0. The molecule has 2 nitrogen and oxygen atoms in total. The van der Waals surface area contributed by atoms with Gasteiger partial charge in [-0.2, -0.15) is 0 Å². The van der Waals surface area contributed by atoms with Gasteiger partial charge in [0.05, 0.1) is 12.6 Å². The normalized spacial score (nSPS) is 12.2. The Morgan fingerprint density at radius 3 is 2.52 bits per heavy atom. The fourth-order valence-corrected chi connectivity index (χ4v) is 3.30. The first-order valence-electron chi connectivity index (χ1n) is 7.06. The number of halogens is 2. The molecule has 2 aromatic rings. The summed E-state index contributed by atoms with van der Waals surface area (Å²) < 4.78 is 7.69. The van der Waals surface area contributed by atoms with Crippen LogP contribution in [0.3, 0.4) is 0 Å². The van der Waals surface area contributed by atoms with Crippen molar-refractivity contribution in [1.82, 2.24) is 5.32 Å². The molecule has 2 rings (SSSR count). The van der Waals surface area contributed by atoms with Crippen molar-refractivity contribution in [2.45, 2.75) is 19.9 Å². The summed E-state index contributed by atoms with van der Waals surface area (Å²) in [5.74, 6) is 0.887. The van der Waals surface area contributed by atoms with Crippen molar-refractivity contribution < 1.29 is 4.74 Å². The van der Waals surface area contributed by atoms with Crippen LogP contribution in [0.4, 0.5) is 0 Å². The van der Waals surface area contributed by atoms with Crippen molar-refractivity contribution in [3.05, 3.63) is 62.5 Å². The zero-order valence-electron chi connectivity index (χ0n) is 12.2. The lowest BCUT2D eigenvalue weighted by Crippen LogP contribution is -2.22. The van der Waals surface area contributed by atoms with Gasteiger partial charge in [0.1, 0.15) is 5.75 Å². The van der Waals surface area contributed by atoms with E-state index in [1.54, 1.807) is 0 Å². The third-order valence-electron chi connectivity index (χ3n) is 3.18. The van der Waals surface area contributed by atoms with Crippen LogP contribution in [0.5, 0.6) is 5.75 Å². The fraction of sp³-hybridized carbons (Fsp3) is 0.294. The molecule has 0 aliphatic carbocycles. The molecule has 0 amide bonds. The first-order valence-corrected chi connectivity index (χ1v) is 8.65. The molecule has 0 aromatic heterocycles. The molecule has 2 aromatic carbocycles. The van der Waals surface area contributed by atoms with Crippen LogP contribution in [0.2, 0.25) is 0 Å². The number of benzene rings is 2. The van der Waals surface area contributed by atoms with Gasteiger partial charge in [-0.15, -0.1) is 0 Å². The van der Waals surface area contributed by atoms with Crippen LogP contribution in [-0.4, -0.2) is 13.2 Å². The highest BCUT2D eigenvalue weighted by Gasteiger charge is 2.16. The van der Waals surface area contributed by atoms with Gasteiger partial charge in [0, 0.05) is 8.95 Å². The van der Waals surface area contributed by atoms with Crippen molar-refractivity contribution in [2.75, 3.05) is 13.2 Å². The van der Waals surface area contributed by atoms with Crippen LogP contribution in [0.25, 0.3) is 0 Å². The predicted octanol–water partition coefficient (Wildman–Crippen LogP) is 5.31. The summed E-state index contributed by atoms with van der Waals surface area (Å²) in [6, 6.07) is 14.7. The second kappa shape index (κ2) is 7.97. The van der Waals surface area contributed by atoms with Crippen LogP contribution in [0, 0.1) is 0 Å². The summed E-state index contributed by atoms with van der Waals surface area (Å²) >= 11 is 7.22. The first-order chi connectivity index (χ1) is 10.2. The average molecular weight is 413 g/mol. The summed E-state index contributed by atoms with van der Waals surface area (Å²) in [5, 5.41) is 3.54. The van der Waals surface area contributed by atoms with Crippen LogP contribution < -0.4 is 10.1 Å². The minimum atomic E-state index is 0.151. The van der Waals surface area contributed by atoms with Gasteiger partial charge in [-0.05, 0) is 48.9 Å². The molecule has 1 atom stereocenters. The summed E-state index contributed by atoms with van der Waals surface area (Å²) in [6.45, 7) is 5.68. The number of hydrogen-bond acceptors (Lipinski definition) is 2. The highest BCUT2D eigenvalue weighted by molar-refractivity contribution is 9.10. The van der Waals surface area contributed by atoms with Gasteiger partial charge in [0.15, 0.2) is 0 Å². The second-order valence-corrected chi connectivity index (χ2v) is 6.43. The third-order valence-corrected chi connectivity index (χ3v) is 4.36. The monoisotopic (exact) mass is 411 g/mol. The van der Waals surface area contributed by atoms with E-state index in [9.17, 15) is 0 Å². The van der Waals surface area contributed by atoms with Crippen LogP contribution in [0.1, 0.15) is 31.0 Å². The Kier molecular flexibility index (Phi) is 6.27. The van der Waals surface area contributed by atoms with Gasteiger partial charge in [0.2, 0.25) is 0 Å². The minimum absolute atomic E-state index is 0.151. The quantitative estimate of drug-likeness (QED) is 0.694. The minimum Gasteiger partial charge on any atom is -0.494 e. The van der Waals surface area contributed by atoms with Crippen molar-refractivity contribution in [2.24, 2.45) is 0 Å². The first kappa shape index (κ1) is 16.5. The molecule has 0 radical (unpaired) electrons. The van der Waals surface area contributed by atoms with E-state index in [1.165, 1.54) is 11.1 Å². The molecule has 21 heavy (non-hydrogen) atoms. The van der Waals surface area contributed by atoms with Crippen molar-refractivity contribution >= 4 is 31.9 Å². The predicted molar refractivity (Wildman–Crippen MR) is 95.0 cm³/mol. The van der Waals surface area contributed by atoms with Crippen LogP contribution in [-0.2, 0) is 0 Å².